The Labute approximate surface area is 133 Å². The monoisotopic (exact) mass is 321 g/mol. The first-order valence-corrected chi connectivity index (χ1v) is 7.35. The summed E-state index contributed by atoms with van der Waals surface area (Å²) < 4.78 is 0. The molecule has 1 aromatic rings. The van der Waals surface area contributed by atoms with Crippen molar-refractivity contribution in [1.29, 1.82) is 0 Å². The summed E-state index contributed by atoms with van der Waals surface area (Å²) in [4.78, 5) is 29.0. The van der Waals surface area contributed by atoms with Crippen LogP contribution in [0, 0.1) is 6.92 Å². The van der Waals surface area contributed by atoms with Crippen LogP contribution in [0.2, 0.25) is 0 Å². The number of benzene rings is 1. The molecule has 1 fully saturated rings. The molecule has 2 rings (SSSR count). The van der Waals surface area contributed by atoms with E-state index in [0.29, 0.717) is 11.7 Å². The maximum Gasteiger partial charge on any atom is 0.305 e. The highest BCUT2D eigenvalue weighted by atomic mass is 32.2. The molecule has 1 atom stereocenters. The standard InChI is InChI=1S/C15H16N2O3S.H3N/c1-3-8-17-14(20)12(9-13(18)19)21-15(17)16-11-6-4-10(2)5-7-11;/h3-7,12H,1,8-9H2,2H3,(H,18,19);1H3. The molecule has 1 heterocycles. The molecule has 22 heavy (non-hydrogen) atoms. The normalized spacial score (nSPS) is 19.1. The van der Waals surface area contributed by atoms with Gasteiger partial charge in [-0.05, 0) is 19.1 Å². The van der Waals surface area contributed by atoms with Gasteiger partial charge in [-0.25, -0.2) is 4.99 Å². The number of nitrogens with zero attached hydrogens (tertiary/aromatic N) is 2. The van der Waals surface area contributed by atoms with E-state index in [2.05, 4.69) is 11.6 Å². The van der Waals surface area contributed by atoms with Gasteiger partial charge in [0.1, 0.15) is 5.25 Å². The molecule has 0 aliphatic carbocycles. The molecule has 0 saturated carbocycles. The van der Waals surface area contributed by atoms with E-state index >= 15 is 0 Å². The van der Waals surface area contributed by atoms with Crippen molar-refractivity contribution in [2.45, 2.75) is 18.6 Å². The van der Waals surface area contributed by atoms with E-state index in [1.807, 2.05) is 31.2 Å². The molecule has 1 aromatic carbocycles. The number of rotatable bonds is 5. The van der Waals surface area contributed by atoms with Crippen LogP contribution in [0.5, 0.6) is 0 Å². The van der Waals surface area contributed by atoms with Crippen LogP contribution in [0.15, 0.2) is 41.9 Å². The molecule has 0 bridgehead atoms. The number of carboxylic acid groups (broad SMARTS) is 1. The van der Waals surface area contributed by atoms with Gasteiger partial charge in [-0.1, -0.05) is 35.5 Å². The van der Waals surface area contributed by atoms with Crippen molar-refractivity contribution in [2.24, 2.45) is 4.99 Å². The first-order valence-electron chi connectivity index (χ1n) is 6.47. The highest BCUT2D eigenvalue weighted by Crippen LogP contribution is 2.31. The van der Waals surface area contributed by atoms with E-state index in [4.69, 9.17) is 5.11 Å². The molecular formula is C15H19N3O3S. The second-order valence-corrected chi connectivity index (χ2v) is 5.84. The van der Waals surface area contributed by atoms with Crippen LogP contribution in [0.25, 0.3) is 0 Å². The Hall–Kier alpha value is -2.12. The highest BCUT2D eigenvalue weighted by Gasteiger charge is 2.38. The molecule has 118 valence electrons. The summed E-state index contributed by atoms with van der Waals surface area (Å²) in [6, 6.07) is 7.61. The summed E-state index contributed by atoms with van der Waals surface area (Å²) in [7, 11) is 0. The van der Waals surface area contributed by atoms with Gasteiger partial charge in [0.2, 0.25) is 5.91 Å². The summed E-state index contributed by atoms with van der Waals surface area (Å²) in [5.74, 6) is -1.22. The van der Waals surface area contributed by atoms with Crippen molar-refractivity contribution in [1.82, 2.24) is 11.1 Å². The molecule has 1 amide bonds. The van der Waals surface area contributed by atoms with Gasteiger partial charge in [-0.3, -0.25) is 14.5 Å². The van der Waals surface area contributed by atoms with Gasteiger partial charge in [-0.15, -0.1) is 6.58 Å². The van der Waals surface area contributed by atoms with Crippen molar-refractivity contribution in [3.8, 4) is 0 Å². The highest BCUT2D eigenvalue weighted by molar-refractivity contribution is 8.15. The third-order valence-electron chi connectivity index (χ3n) is 2.95. The number of hydrogen-bond acceptors (Lipinski definition) is 5. The summed E-state index contributed by atoms with van der Waals surface area (Å²) >= 11 is 1.19. The van der Waals surface area contributed by atoms with E-state index in [0.717, 1.165) is 11.3 Å². The van der Waals surface area contributed by atoms with Crippen LogP contribution in [-0.2, 0) is 9.59 Å². The van der Waals surface area contributed by atoms with E-state index in [1.54, 1.807) is 6.08 Å². The number of hydrogen-bond donors (Lipinski definition) is 2. The number of amides is 1. The van der Waals surface area contributed by atoms with Gasteiger partial charge in [0, 0.05) is 6.54 Å². The fourth-order valence-electron chi connectivity index (χ4n) is 1.91. The van der Waals surface area contributed by atoms with Crippen molar-refractivity contribution < 1.29 is 14.7 Å². The molecule has 0 spiro atoms. The number of aryl methyl sites for hydroxylation is 1. The van der Waals surface area contributed by atoms with Crippen molar-refractivity contribution in [3.63, 3.8) is 0 Å². The zero-order valence-corrected chi connectivity index (χ0v) is 13.2. The topological polar surface area (TPSA) is 105 Å². The van der Waals surface area contributed by atoms with E-state index in [-0.39, 0.29) is 18.5 Å². The van der Waals surface area contributed by atoms with Gasteiger partial charge >= 0.3 is 5.97 Å². The van der Waals surface area contributed by atoms with Crippen molar-refractivity contribution in [2.75, 3.05) is 6.54 Å². The SMILES string of the molecule is C=CCN1C(=O)C(CC(=O)O)SC1=Nc1ccc(C)cc1.N. The largest absolute Gasteiger partial charge is 0.481 e. The molecule has 1 aliphatic heterocycles. The van der Waals surface area contributed by atoms with Gasteiger partial charge in [-0.2, -0.15) is 0 Å². The van der Waals surface area contributed by atoms with Crippen LogP contribution in [0.4, 0.5) is 5.69 Å². The Kier molecular flexibility index (Phi) is 6.33. The van der Waals surface area contributed by atoms with Crippen molar-refractivity contribution in [3.05, 3.63) is 42.5 Å². The number of carboxylic acids is 1. The van der Waals surface area contributed by atoms with Crippen LogP contribution in [-0.4, -0.2) is 38.8 Å². The van der Waals surface area contributed by atoms with E-state index in [9.17, 15) is 9.59 Å². The predicted molar refractivity (Wildman–Crippen MR) is 88.8 cm³/mol. The average Bonchev–Trinajstić information content (AvgIpc) is 2.70. The lowest BCUT2D eigenvalue weighted by atomic mass is 10.2. The van der Waals surface area contributed by atoms with E-state index in [1.165, 1.54) is 16.7 Å². The number of aliphatic carboxylic acids is 1. The summed E-state index contributed by atoms with van der Waals surface area (Å²) in [6.45, 7) is 5.93. The number of carbonyl (C=O) groups is 2. The Bertz CT molecular complexity index is 599. The van der Waals surface area contributed by atoms with Crippen molar-refractivity contribution >= 4 is 34.5 Å². The predicted octanol–water partition coefficient (Wildman–Crippen LogP) is 2.75. The average molecular weight is 321 g/mol. The van der Waals surface area contributed by atoms with Gasteiger partial charge in [0.15, 0.2) is 5.17 Å². The number of thioether (sulfide) groups is 1. The summed E-state index contributed by atoms with van der Waals surface area (Å²) in [5, 5.41) is 8.77. The van der Waals surface area contributed by atoms with Gasteiger partial charge in [0.25, 0.3) is 0 Å². The Morgan fingerprint density at radius 3 is 2.64 bits per heavy atom. The Morgan fingerprint density at radius 1 is 1.45 bits per heavy atom. The molecule has 1 aliphatic rings. The Morgan fingerprint density at radius 2 is 2.09 bits per heavy atom. The van der Waals surface area contributed by atoms with Crippen LogP contribution >= 0.6 is 11.8 Å². The maximum absolute atomic E-state index is 12.2. The molecule has 1 saturated heterocycles. The van der Waals surface area contributed by atoms with Gasteiger partial charge in [0.05, 0.1) is 12.1 Å². The molecule has 0 radical (unpaired) electrons. The first kappa shape index (κ1) is 17.9. The number of aliphatic imine (C=N–C) groups is 1. The second-order valence-electron chi connectivity index (χ2n) is 4.67. The van der Waals surface area contributed by atoms with Gasteiger partial charge < -0.3 is 11.3 Å². The lowest BCUT2D eigenvalue weighted by Crippen LogP contribution is -2.32. The fourth-order valence-corrected chi connectivity index (χ4v) is 3.07. The zero-order chi connectivity index (χ0) is 15.4. The zero-order valence-electron chi connectivity index (χ0n) is 12.4. The molecule has 4 N–H and O–H groups in total. The van der Waals surface area contributed by atoms with Crippen LogP contribution in [0.1, 0.15) is 12.0 Å². The Balaban J connectivity index is 0.00000242. The number of carbonyl (C=O) groups excluding carboxylic acids is 1. The fraction of sp³-hybridized carbons (Fsp3) is 0.267. The smallest absolute Gasteiger partial charge is 0.305 e. The lowest BCUT2D eigenvalue weighted by molar-refractivity contribution is -0.139. The summed E-state index contributed by atoms with van der Waals surface area (Å²) in [6.07, 6.45) is 1.40. The molecule has 1 unspecified atom stereocenters. The molecule has 7 heteroatoms. The number of amidine groups is 1. The third-order valence-corrected chi connectivity index (χ3v) is 4.13. The van der Waals surface area contributed by atoms with E-state index < -0.39 is 11.2 Å². The third kappa shape index (κ3) is 4.19. The maximum atomic E-state index is 12.2. The second kappa shape index (κ2) is 7.77. The first-order chi connectivity index (χ1) is 10.0. The van der Waals surface area contributed by atoms with Crippen LogP contribution in [0.3, 0.4) is 0 Å². The minimum atomic E-state index is -0.990. The molecular weight excluding hydrogens is 302 g/mol. The summed E-state index contributed by atoms with van der Waals surface area (Å²) in [5.41, 5.74) is 1.86. The minimum Gasteiger partial charge on any atom is -0.481 e. The minimum absolute atomic E-state index is 0. The molecule has 0 aromatic heterocycles. The molecule has 6 nitrogen and oxygen atoms in total. The lowest BCUT2D eigenvalue weighted by Gasteiger charge is -2.13. The quantitative estimate of drug-likeness (QED) is 0.811. The van der Waals surface area contributed by atoms with Crippen LogP contribution < -0.4 is 6.15 Å².